The van der Waals surface area contributed by atoms with Gasteiger partial charge in [-0.2, -0.15) is 0 Å². The van der Waals surface area contributed by atoms with Crippen LogP contribution in [0, 0.1) is 0 Å². The second-order valence-electron chi connectivity index (χ2n) is 17.3. The number of ether oxygens (including phenoxy) is 2. The van der Waals surface area contributed by atoms with Crippen LogP contribution in [-0.4, -0.2) is 0 Å². The highest BCUT2D eigenvalue weighted by Crippen LogP contribution is 2.66. The van der Waals surface area contributed by atoms with Gasteiger partial charge < -0.3 is 14.4 Å². The number of allylic oxidation sites excluding steroid dienone is 10. The van der Waals surface area contributed by atoms with E-state index in [1.165, 1.54) is 55.7 Å². The number of rotatable bonds is 6. The van der Waals surface area contributed by atoms with Crippen LogP contribution in [0.15, 0.2) is 225 Å². The van der Waals surface area contributed by atoms with Gasteiger partial charge in [0.05, 0.1) is 16.8 Å². The molecular formula is C62H43NO2. The van der Waals surface area contributed by atoms with Crippen LogP contribution in [0.25, 0.3) is 44.5 Å². The first-order chi connectivity index (χ1) is 32.2. The van der Waals surface area contributed by atoms with Gasteiger partial charge in [-0.25, -0.2) is 0 Å². The average Bonchev–Trinajstić information content (AvgIpc) is 3.66. The van der Waals surface area contributed by atoms with Crippen LogP contribution >= 0.6 is 0 Å². The molecule has 4 aliphatic carbocycles. The molecule has 65 heavy (non-hydrogen) atoms. The zero-order valence-electron chi connectivity index (χ0n) is 35.7. The van der Waals surface area contributed by atoms with Gasteiger partial charge in [0.25, 0.3) is 0 Å². The Labute approximate surface area is 379 Å². The second kappa shape index (κ2) is 15.0. The van der Waals surface area contributed by atoms with Crippen LogP contribution in [0.1, 0.15) is 52.6 Å². The fraction of sp³-hybridized carbons (Fsp3) is 0.0645. The summed E-state index contributed by atoms with van der Waals surface area (Å²) in [7, 11) is 0. The highest BCUT2D eigenvalue weighted by Gasteiger charge is 2.53. The summed E-state index contributed by atoms with van der Waals surface area (Å²) < 4.78 is 14.1. The Hall–Kier alpha value is -8.14. The predicted octanol–water partition coefficient (Wildman–Crippen LogP) is 16.7. The van der Waals surface area contributed by atoms with E-state index in [-0.39, 0.29) is 0 Å². The molecule has 0 unspecified atom stereocenters. The standard InChI is InChI=1S/C62H43NO2/c1-2-6-19-41(18-5-1)44-24-17-25-46(38-44)63(56-35-32-45(42-20-7-3-8-21-42)39-51(56)43-22-9-4-10-23-43)47-33-36-57-59(40-47)65-61-58(64-57)37-34-55-60(61)50-28-13-16-31-54(50)62(55)52-29-14-11-26-48(52)49-27-12-15-30-53(49)62/h1-2,4-5,7,9-40H,3,6,8H2. The van der Waals surface area contributed by atoms with Crippen molar-refractivity contribution in [3.8, 4) is 56.4 Å². The third-order valence-corrected chi connectivity index (χ3v) is 13.8. The predicted molar refractivity (Wildman–Crippen MR) is 267 cm³/mol. The second-order valence-corrected chi connectivity index (χ2v) is 17.3. The first kappa shape index (κ1) is 37.4. The lowest BCUT2D eigenvalue weighted by Gasteiger charge is -2.31. The van der Waals surface area contributed by atoms with Gasteiger partial charge in [-0.1, -0.05) is 176 Å². The molecule has 1 heterocycles. The van der Waals surface area contributed by atoms with Gasteiger partial charge in [0.1, 0.15) is 0 Å². The van der Waals surface area contributed by atoms with Crippen LogP contribution in [0.5, 0.6) is 23.0 Å². The zero-order valence-corrected chi connectivity index (χ0v) is 35.7. The number of anilines is 3. The number of benzene rings is 8. The van der Waals surface area contributed by atoms with Crippen molar-refractivity contribution in [2.75, 3.05) is 4.90 Å². The summed E-state index contributed by atoms with van der Waals surface area (Å²) in [4.78, 5) is 2.38. The molecule has 0 radical (unpaired) electrons. The number of hydrogen-bond acceptors (Lipinski definition) is 3. The van der Waals surface area contributed by atoms with E-state index in [0.717, 1.165) is 64.3 Å². The Kier molecular flexibility index (Phi) is 8.64. The quantitative estimate of drug-likeness (QED) is 0.167. The fourth-order valence-corrected chi connectivity index (χ4v) is 11.0. The summed E-state index contributed by atoms with van der Waals surface area (Å²) in [6.07, 6.45) is 20.8. The summed E-state index contributed by atoms with van der Waals surface area (Å²) in [6.45, 7) is 0. The average molecular weight is 834 g/mol. The molecule has 13 rings (SSSR count). The SMILES string of the molecule is C1=CCC=C(c2cccc(N(c3ccc4c(c3)Oc3c(ccc5c3-c3ccccc3C53c5ccccc5-c5ccccc53)O4)c3ccc(C4=CCCC=C4)cc3-c3ccccc3)c2)C=C1. The summed E-state index contributed by atoms with van der Waals surface area (Å²) in [6, 6.07) is 64.0. The number of nitrogens with zero attached hydrogens (tertiary/aromatic N) is 1. The van der Waals surface area contributed by atoms with Gasteiger partial charge in [-0.05, 0) is 129 Å². The van der Waals surface area contributed by atoms with Crippen molar-refractivity contribution >= 4 is 28.2 Å². The van der Waals surface area contributed by atoms with Crippen molar-refractivity contribution in [2.45, 2.75) is 24.7 Å². The molecule has 0 N–H and O–H groups in total. The Morgan fingerprint density at radius 3 is 1.91 bits per heavy atom. The van der Waals surface area contributed by atoms with E-state index in [0.29, 0.717) is 17.2 Å². The molecule has 0 saturated heterocycles. The third kappa shape index (κ3) is 5.82. The van der Waals surface area contributed by atoms with Gasteiger partial charge in [0, 0.05) is 22.9 Å². The molecule has 308 valence electrons. The minimum absolute atomic E-state index is 0.483. The van der Waals surface area contributed by atoms with Crippen LogP contribution in [-0.2, 0) is 5.41 Å². The molecule has 8 aromatic rings. The number of hydrogen-bond donors (Lipinski definition) is 0. The van der Waals surface area contributed by atoms with E-state index in [9.17, 15) is 0 Å². The molecule has 0 bridgehead atoms. The van der Waals surface area contributed by atoms with Gasteiger partial charge in [-0.15, -0.1) is 0 Å². The van der Waals surface area contributed by atoms with E-state index in [1.54, 1.807) is 0 Å². The molecular weight excluding hydrogens is 791 g/mol. The topological polar surface area (TPSA) is 21.7 Å². The molecule has 1 spiro atoms. The maximum atomic E-state index is 7.27. The molecule has 8 aromatic carbocycles. The first-order valence-electron chi connectivity index (χ1n) is 22.7. The van der Waals surface area contributed by atoms with Gasteiger partial charge in [-0.3, -0.25) is 0 Å². The number of fused-ring (bicyclic) bond motifs is 13. The Bertz CT molecular complexity index is 3370. The van der Waals surface area contributed by atoms with Crippen molar-refractivity contribution < 1.29 is 9.47 Å². The van der Waals surface area contributed by atoms with Crippen LogP contribution < -0.4 is 14.4 Å². The van der Waals surface area contributed by atoms with Crippen molar-refractivity contribution in [1.29, 1.82) is 0 Å². The molecule has 0 aromatic heterocycles. The summed E-state index contributed by atoms with van der Waals surface area (Å²) >= 11 is 0. The lowest BCUT2D eigenvalue weighted by molar-refractivity contribution is 0.360. The minimum atomic E-state index is -0.483. The molecule has 0 saturated carbocycles. The normalized spacial score (nSPS) is 15.3. The van der Waals surface area contributed by atoms with Crippen molar-refractivity contribution in [2.24, 2.45) is 0 Å². The van der Waals surface area contributed by atoms with Crippen LogP contribution in [0.3, 0.4) is 0 Å². The highest BCUT2D eigenvalue weighted by atomic mass is 16.6. The maximum absolute atomic E-state index is 7.27. The zero-order chi connectivity index (χ0) is 42.9. The van der Waals surface area contributed by atoms with E-state index >= 15 is 0 Å². The van der Waals surface area contributed by atoms with Crippen LogP contribution in [0.4, 0.5) is 17.1 Å². The molecule has 0 amide bonds. The summed E-state index contributed by atoms with van der Waals surface area (Å²) in [5.74, 6) is 2.82. The Balaban J connectivity index is 0.989. The third-order valence-electron chi connectivity index (χ3n) is 13.8. The molecule has 1 aliphatic heterocycles. The summed E-state index contributed by atoms with van der Waals surface area (Å²) in [5, 5.41) is 0. The van der Waals surface area contributed by atoms with Crippen molar-refractivity contribution in [1.82, 2.24) is 0 Å². The summed E-state index contributed by atoms with van der Waals surface area (Å²) in [5.41, 5.74) is 19.6. The van der Waals surface area contributed by atoms with Gasteiger partial charge >= 0.3 is 0 Å². The maximum Gasteiger partial charge on any atom is 0.178 e. The van der Waals surface area contributed by atoms with Crippen LogP contribution in [0.2, 0.25) is 0 Å². The van der Waals surface area contributed by atoms with E-state index in [1.807, 2.05) is 0 Å². The van der Waals surface area contributed by atoms with E-state index < -0.39 is 5.41 Å². The monoisotopic (exact) mass is 833 g/mol. The van der Waals surface area contributed by atoms with Gasteiger partial charge in [0.2, 0.25) is 0 Å². The lowest BCUT2D eigenvalue weighted by atomic mass is 9.70. The molecule has 0 atom stereocenters. The Morgan fingerprint density at radius 1 is 0.415 bits per heavy atom. The van der Waals surface area contributed by atoms with E-state index in [4.69, 9.17) is 9.47 Å². The van der Waals surface area contributed by atoms with Gasteiger partial charge in [0.15, 0.2) is 23.0 Å². The molecule has 3 nitrogen and oxygen atoms in total. The van der Waals surface area contributed by atoms with E-state index in [2.05, 4.69) is 229 Å². The smallest absolute Gasteiger partial charge is 0.178 e. The molecule has 3 heteroatoms. The Morgan fingerprint density at radius 2 is 1.11 bits per heavy atom. The largest absolute Gasteiger partial charge is 0.449 e. The van der Waals surface area contributed by atoms with Crippen molar-refractivity contribution in [3.05, 3.63) is 258 Å². The fourth-order valence-electron chi connectivity index (χ4n) is 11.0. The molecule has 0 fully saturated rings. The van der Waals surface area contributed by atoms with Crippen molar-refractivity contribution in [3.63, 3.8) is 0 Å². The molecule has 5 aliphatic rings. The highest BCUT2D eigenvalue weighted by molar-refractivity contribution is 5.98. The lowest BCUT2D eigenvalue weighted by Crippen LogP contribution is -2.25. The minimum Gasteiger partial charge on any atom is -0.449 e. The first-order valence-corrected chi connectivity index (χ1v) is 22.7.